The van der Waals surface area contributed by atoms with E-state index in [1.807, 2.05) is 18.2 Å². The zero-order chi connectivity index (χ0) is 19.1. The average Bonchev–Trinajstić information content (AvgIpc) is 3.23. The van der Waals surface area contributed by atoms with E-state index in [4.69, 9.17) is 9.15 Å². The van der Waals surface area contributed by atoms with Gasteiger partial charge in [-0.2, -0.15) is 0 Å². The van der Waals surface area contributed by atoms with E-state index in [1.54, 1.807) is 30.5 Å². The van der Waals surface area contributed by atoms with Crippen molar-refractivity contribution in [1.82, 2.24) is 10.3 Å². The molecule has 6 nitrogen and oxygen atoms in total. The predicted molar refractivity (Wildman–Crippen MR) is 102 cm³/mol. The van der Waals surface area contributed by atoms with E-state index in [9.17, 15) is 9.59 Å². The third-order valence-corrected chi connectivity index (χ3v) is 4.15. The van der Waals surface area contributed by atoms with Crippen LogP contribution in [0.2, 0.25) is 0 Å². The Balaban J connectivity index is 1.75. The molecule has 0 saturated heterocycles. The van der Waals surface area contributed by atoms with Gasteiger partial charge in [0, 0.05) is 11.9 Å². The van der Waals surface area contributed by atoms with E-state index in [2.05, 4.69) is 17.2 Å². The second-order valence-corrected chi connectivity index (χ2v) is 6.18. The Kier molecular flexibility index (Phi) is 6.20. The number of ether oxygens (including phenoxy) is 1. The van der Waals surface area contributed by atoms with Crippen LogP contribution in [0.4, 0.5) is 0 Å². The van der Waals surface area contributed by atoms with Crippen LogP contribution in [0.25, 0.3) is 22.4 Å². The Hall–Kier alpha value is -3.15. The van der Waals surface area contributed by atoms with Crippen molar-refractivity contribution in [3.63, 3.8) is 0 Å². The SMILES string of the molecule is CCCCCNC(=O)COC(=O)c1cc(-c2ccco2)nc2ccccc12. The number of carbonyl (C=O) groups excluding carboxylic acids is 2. The zero-order valence-corrected chi connectivity index (χ0v) is 15.2. The molecule has 0 aliphatic rings. The molecule has 0 fully saturated rings. The number of unbranched alkanes of at least 4 members (excludes halogenated alkanes) is 2. The molecule has 1 N–H and O–H groups in total. The molecule has 1 amide bonds. The molecule has 27 heavy (non-hydrogen) atoms. The third-order valence-electron chi connectivity index (χ3n) is 4.15. The number of hydrogen-bond donors (Lipinski definition) is 1. The molecule has 0 bridgehead atoms. The van der Waals surface area contributed by atoms with Crippen LogP contribution in [-0.2, 0) is 9.53 Å². The molecule has 0 radical (unpaired) electrons. The summed E-state index contributed by atoms with van der Waals surface area (Å²) in [6.07, 6.45) is 4.60. The minimum absolute atomic E-state index is 0.302. The first-order chi connectivity index (χ1) is 13.2. The number of carbonyl (C=O) groups is 2. The summed E-state index contributed by atoms with van der Waals surface area (Å²) in [5, 5.41) is 3.42. The number of rotatable bonds is 8. The molecule has 2 heterocycles. The fourth-order valence-corrected chi connectivity index (χ4v) is 2.76. The van der Waals surface area contributed by atoms with Crippen molar-refractivity contribution in [1.29, 1.82) is 0 Å². The largest absolute Gasteiger partial charge is 0.463 e. The molecule has 0 atom stereocenters. The van der Waals surface area contributed by atoms with Gasteiger partial charge in [0.15, 0.2) is 12.4 Å². The molecular formula is C21H22N2O4. The number of aromatic nitrogens is 1. The van der Waals surface area contributed by atoms with Crippen molar-refractivity contribution in [3.8, 4) is 11.5 Å². The van der Waals surface area contributed by atoms with Gasteiger partial charge < -0.3 is 14.5 Å². The van der Waals surface area contributed by atoms with Gasteiger partial charge in [-0.1, -0.05) is 38.0 Å². The van der Waals surface area contributed by atoms with Gasteiger partial charge in [0.05, 0.1) is 17.3 Å². The number of fused-ring (bicyclic) bond motifs is 1. The molecule has 0 spiro atoms. The van der Waals surface area contributed by atoms with Crippen LogP contribution in [0, 0.1) is 0 Å². The minimum atomic E-state index is -0.565. The lowest BCUT2D eigenvalue weighted by atomic mass is 10.1. The van der Waals surface area contributed by atoms with Gasteiger partial charge in [-0.05, 0) is 30.7 Å². The summed E-state index contributed by atoms with van der Waals surface area (Å²) in [5.74, 6) is -0.308. The molecule has 0 aliphatic heterocycles. The van der Waals surface area contributed by atoms with E-state index in [-0.39, 0.29) is 12.5 Å². The number of pyridine rings is 1. The van der Waals surface area contributed by atoms with E-state index in [1.165, 1.54) is 0 Å². The van der Waals surface area contributed by atoms with Crippen LogP contribution in [-0.4, -0.2) is 30.0 Å². The highest BCUT2D eigenvalue weighted by Gasteiger charge is 2.17. The number of nitrogens with one attached hydrogen (secondary N) is 1. The topological polar surface area (TPSA) is 81.4 Å². The second-order valence-electron chi connectivity index (χ2n) is 6.18. The highest BCUT2D eigenvalue weighted by atomic mass is 16.5. The van der Waals surface area contributed by atoms with Crippen molar-refractivity contribution in [2.24, 2.45) is 0 Å². The van der Waals surface area contributed by atoms with Crippen LogP contribution < -0.4 is 5.32 Å². The summed E-state index contributed by atoms with van der Waals surface area (Å²) in [7, 11) is 0. The average molecular weight is 366 g/mol. The molecule has 6 heteroatoms. The third kappa shape index (κ3) is 4.73. The highest BCUT2D eigenvalue weighted by molar-refractivity contribution is 6.05. The fraction of sp³-hybridized carbons (Fsp3) is 0.286. The van der Waals surface area contributed by atoms with Crippen LogP contribution >= 0.6 is 0 Å². The summed E-state index contributed by atoms with van der Waals surface area (Å²) >= 11 is 0. The van der Waals surface area contributed by atoms with Crippen molar-refractivity contribution in [2.75, 3.05) is 13.2 Å². The smallest absolute Gasteiger partial charge is 0.339 e. The molecule has 2 aromatic heterocycles. The monoisotopic (exact) mass is 366 g/mol. The van der Waals surface area contributed by atoms with E-state index in [0.717, 1.165) is 19.3 Å². The van der Waals surface area contributed by atoms with Crippen LogP contribution in [0.5, 0.6) is 0 Å². The Morgan fingerprint density at radius 2 is 2.00 bits per heavy atom. The number of nitrogens with zero attached hydrogens (tertiary/aromatic N) is 1. The quantitative estimate of drug-likeness (QED) is 0.482. The van der Waals surface area contributed by atoms with Gasteiger partial charge in [0.2, 0.25) is 0 Å². The lowest BCUT2D eigenvalue weighted by Gasteiger charge is -2.09. The Bertz CT molecular complexity index is 919. The maximum atomic E-state index is 12.6. The van der Waals surface area contributed by atoms with Crippen molar-refractivity contribution < 1.29 is 18.7 Å². The van der Waals surface area contributed by atoms with Crippen LogP contribution in [0.3, 0.4) is 0 Å². The summed E-state index contributed by atoms with van der Waals surface area (Å²) in [6.45, 7) is 2.38. The number of furan rings is 1. The van der Waals surface area contributed by atoms with Crippen LogP contribution in [0.15, 0.2) is 53.1 Å². The maximum absolute atomic E-state index is 12.6. The number of amides is 1. The van der Waals surface area contributed by atoms with E-state index in [0.29, 0.717) is 34.5 Å². The number of benzene rings is 1. The molecule has 3 rings (SSSR count). The molecular weight excluding hydrogens is 344 g/mol. The normalized spacial score (nSPS) is 10.7. The van der Waals surface area contributed by atoms with Crippen LogP contribution in [0.1, 0.15) is 36.5 Å². The molecule has 0 unspecified atom stereocenters. The Morgan fingerprint density at radius 3 is 2.78 bits per heavy atom. The van der Waals surface area contributed by atoms with Gasteiger partial charge in [0.1, 0.15) is 5.69 Å². The molecule has 140 valence electrons. The first-order valence-corrected chi connectivity index (χ1v) is 9.06. The number of para-hydroxylation sites is 1. The zero-order valence-electron chi connectivity index (χ0n) is 15.2. The first kappa shape index (κ1) is 18.6. The van der Waals surface area contributed by atoms with Crippen molar-refractivity contribution in [3.05, 3.63) is 54.3 Å². The van der Waals surface area contributed by atoms with Gasteiger partial charge in [-0.15, -0.1) is 0 Å². The molecule has 3 aromatic rings. The summed E-state index contributed by atoms with van der Waals surface area (Å²) < 4.78 is 10.6. The Morgan fingerprint density at radius 1 is 1.15 bits per heavy atom. The molecule has 0 saturated carbocycles. The fourth-order valence-electron chi connectivity index (χ4n) is 2.76. The predicted octanol–water partition coefficient (Wildman–Crippen LogP) is 3.96. The standard InChI is InChI=1S/C21H22N2O4/c1-2-3-6-11-22-20(24)14-27-21(25)16-13-18(19-10-7-12-26-19)23-17-9-5-4-8-15(16)17/h4-5,7-10,12-13H,2-3,6,11,14H2,1H3,(H,22,24). The van der Waals surface area contributed by atoms with Crippen molar-refractivity contribution in [2.45, 2.75) is 26.2 Å². The summed E-state index contributed by atoms with van der Waals surface area (Å²) in [6, 6.07) is 12.5. The second kappa shape index (κ2) is 8.98. The lowest BCUT2D eigenvalue weighted by molar-refractivity contribution is -0.124. The van der Waals surface area contributed by atoms with Gasteiger partial charge in [-0.25, -0.2) is 9.78 Å². The minimum Gasteiger partial charge on any atom is -0.463 e. The van der Waals surface area contributed by atoms with Crippen molar-refractivity contribution >= 4 is 22.8 Å². The van der Waals surface area contributed by atoms with E-state index >= 15 is 0 Å². The highest BCUT2D eigenvalue weighted by Crippen LogP contribution is 2.25. The Labute approximate surface area is 157 Å². The first-order valence-electron chi connectivity index (χ1n) is 9.06. The van der Waals surface area contributed by atoms with Gasteiger partial charge >= 0.3 is 5.97 Å². The molecule has 1 aromatic carbocycles. The number of hydrogen-bond acceptors (Lipinski definition) is 5. The summed E-state index contributed by atoms with van der Waals surface area (Å²) in [4.78, 5) is 29.0. The lowest BCUT2D eigenvalue weighted by Crippen LogP contribution is -2.29. The summed E-state index contributed by atoms with van der Waals surface area (Å²) in [5.41, 5.74) is 1.54. The van der Waals surface area contributed by atoms with E-state index < -0.39 is 5.97 Å². The molecule has 0 aliphatic carbocycles. The maximum Gasteiger partial charge on any atom is 0.339 e. The number of esters is 1. The van der Waals surface area contributed by atoms with Gasteiger partial charge in [-0.3, -0.25) is 4.79 Å². The van der Waals surface area contributed by atoms with Gasteiger partial charge in [0.25, 0.3) is 5.91 Å².